The quantitative estimate of drug-likeness (QED) is 0.850. The van der Waals surface area contributed by atoms with Crippen LogP contribution in [-0.2, 0) is 17.6 Å². The van der Waals surface area contributed by atoms with Crippen molar-refractivity contribution in [1.29, 1.82) is 0 Å². The van der Waals surface area contributed by atoms with E-state index in [1.807, 2.05) is 6.07 Å². The second-order valence-corrected chi connectivity index (χ2v) is 5.27. The summed E-state index contributed by atoms with van der Waals surface area (Å²) in [6.45, 7) is 0. The Morgan fingerprint density at radius 3 is 2.94 bits per heavy atom. The van der Waals surface area contributed by atoms with Crippen LogP contribution in [0.2, 0.25) is 0 Å². The van der Waals surface area contributed by atoms with E-state index in [4.69, 9.17) is 9.84 Å². The highest BCUT2D eigenvalue weighted by atomic mass is 16.5. The SMILES string of the molecule is COc1ccc2c(c1)CC1(CC2)CC1C(=O)O. The van der Waals surface area contributed by atoms with Crippen LogP contribution in [0, 0.1) is 11.3 Å². The fraction of sp³-hybridized carbons (Fsp3) is 0.500. The molecular weight excluding hydrogens is 216 g/mol. The van der Waals surface area contributed by atoms with Crippen molar-refractivity contribution in [1.82, 2.24) is 0 Å². The van der Waals surface area contributed by atoms with Crippen molar-refractivity contribution >= 4 is 5.97 Å². The molecule has 0 saturated heterocycles. The first-order valence-corrected chi connectivity index (χ1v) is 6.03. The van der Waals surface area contributed by atoms with Gasteiger partial charge in [-0.1, -0.05) is 6.07 Å². The predicted octanol–water partition coefficient (Wildman–Crippen LogP) is 2.27. The Kier molecular flexibility index (Phi) is 2.18. The molecular formula is C14H16O3. The van der Waals surface area contributed by atoms with Gasteiger partial charge in [0, 0.05) is 0 Å². The van der Waals surface area contributed by atoms with E-state index in [1.54, 1.807) is 7.11 Å². The molecule has 0 heterocycles. The first kappa shape index (κ1) is 10.6. The number of methoxy groups -OCH3 is 1. The second kappa shape index (κ2) is 3.49. The van der Waals surface area contributed by atoms with Gasteiger partial charge in [-0.3, -0.25) is 4.79 Å². The minimum absolute atomic E-state index is 0.0468. The number of carboxylic acids is 1. The molecule has 1 fully saturated rings. The average molecular weight is 232 g/mol. The lowest BCUT2D eigenvalue weighted by Gasteiger charge is -2.25. The molecule has 0 bridgehead atoms. The summed E-state index contributed by atoms with van der Waals surface area (Å²) >= 11 is 0. The number of carbonyl (C=O) groups is 1. The van der Waals surface area contributed by atoms with Gasteiger partial charge in [0.15, 0.2) is 0 Å². The molecule has 2 atom stereocenters. The number of aryl methyl sites for hydroxylation is 1. The summed E-state index contributed by atoms with van der Waals surface area (Å²) in [4.78, 5) is 11.0. The van der Waals surface area contributed by atoms with Crippen molar-refractivity contribution in [2.75, 3.05) is 7.11 Å². The van der Waals surface area contributed by atoms with Crippen molar-refractivity contribution < 1.29 is 14.6 Å². The van der Waals surface area contributed by atoms with Gasteiger partial charge in [0.25, 0.3) is 0 Å². The summed E-state index contributed by atoms with van der Waals surface area (Å²) in [5, 5.41) is 9.09. The lowest BCUT2D eigenvalue weighted by atomic mass is 9.80. The van der Waals surface area contributed by atoms with Crippen LogP contribution in [0.5, 0.6) is 5.75 Å². The van der Waals surface area contributed by atoms with Gasteiger partial charge in [0.05, 0.1) is 13.0 Å². The first-order valence-electron chi connectivity index (χ1n) is 6.03. The molecule has 90 valence electrons. The van der Waals surface area contributed by atoms with Crippen LogP contribution in [0.25, 0.3) is 0 Å². The minimum atomic E-state index is -0.628. The van der Waals surface area contributed by atoms with Crippen LogP contribution in [0.1, 0.15) is 24.0 Å². The van der Waals surface area contributed by atoms with E-state index in [2.05, 4.69) is 12.1 Å². The summed E-state index contributed by atoms with van der Waals surface area (Å²) in [6, 6.07) is 6.16. The van der Waals surface area contributed by atoms with Gasteiger partial charge in [0.1, 0.15) is 5.75 Å². The fourth-order valence-corrected chi connectivity index (χ4v) is 3.16. The Labute approximate surface area is 100 Å². The molecule has 1 saturated carbocycles. The first-order chi connectivity index (χ1) is 8.14. The molecule has 2 aliphatic rings. The van der Waals surface area contributed by atoms with Crippen molar-refractivity contribution in [3.63, 3.8) is 0 Å². The molecule has 1 aromatic rings. The number of benzene rings is 1. The third-order valence-corrected chi connectivity index (χ3v) is 4.34. The van der Waals surface area contributed by atoms with Crippen LogP contribution < -0.4 is 4.74 Å². The minimum Gasteiger partial charge on any atom is -0.497 e. The van der Waals surface area contributed by atoms with Crippen LogP contribution in [0.3, 0.4) is 0 Å². The topological polar surface area (TPSA) is 46.5 Å². The average Bonchev–Trinajstić information content (AvgIpc) is 3.02. The lowest BCUT2D eigenvalue weighted by molar-refractivity contribution is -0.139. The Hall–Kier alpha value is -1.51. The third kappa shape index (κ3) is 1.61. The molecule has 3 rings (SSSR count). The molecule has 3 nitrogen and oxygen atoms in total. The molecule has 2 aliphatic carbocycles. The molecule has 0 radical (unpaired) electrons. The van der Waals surface area contributed by atoms with E-state index in [0.717, 1.165) is 31.4 Å². The lowest BCUT2D eigenvalue weighted by Crippen LogP contribution is -2.20. The largest absolute Gasteiger partial charge is 0.497 e. The number of rotatable bonds is 2. The highest BCUT2D eigenvalue weighted by molar-refractivity contribution is 5.75. The molecule has 1 N–H and O–H groups in total. The molecule has 3 heteroatoms. The van der Waals surface area contributed by atoms with Gasteiger partial charge in [-0.05, 0) is 54.4 Å². The Balaban J connectivity index is 1.88. The summed E-state index contributed by atoms with van der Waals surface area (Å²) in [5.41, 5.74) is 2.68. The van der Waals surface area contributed by atoms with Crippen molar-refractivity contribution in [3.8, 4) is 5.75 Å². The van der Waals surface area contributed by atoms with E-state index in [9.17, 15) is 4.79 Å². The summed E-state index contributed by atoms with van der Waals surface area (Å²) < 4.78 is 5.23. The highest BCUT2D eigenvalue weighted by Gasteiger charge is 2.58. The maximum Gasteiger partial charge on any atom is 0.307 e. The monoisotopic (exact) mass is 232 g/mol. The summed E-state index contributed by atoms with van der Waals surface area (Å²) in [7, 11) is 1.66. The Bertz CT molecular complexity index is 480. The maximum absolute atomic E-state index is 11.0. The number of aliphatic carboxylic acids is 1. The van der Waals surface area contributed by atoms with Crippen molar-refractivity contribution in [2.24, 2.45) is 11.3 Å². The standard InChI is InChI=1S/C14H16O3/c1-17-11-3-2-9-4-5-14(7-10(9)6-11)8-12(14)13(15)16/h2-3,6,12H,4-5,7-8H2,1H3,(H,15,16). The predicted molar refractivity (Wildman–Crippen MR) is 63.2 cm³/mol. The molecule has 17 heavy (non-hydrogen) atoms. The summed E-state index contributed by atoms with van der Waals surface area (Å²) in [6.07, 6.45) is 3.77. The second-order valence-electron chi connectivity index (χ2n) is 5.27. The third-order valence-electron chi connectivity index (χ3n) is 4.34. The fourth-order valence-electron chi connectivity index (χ4n) is 3.16. The van der Waals surface area contributed by atoms with E-state index in [0.29, 0.717) is 0 Å². The van der Waals surface area contributed by atoms with Crippen LogP contribution in [-0.4, -0.2) is 18.2 Å². The van der Waals surface area contributed by atoms with Crippen LogP contribution in [0.15, 0.2) is 18.2 Å². The van der Waals surface area contributed by atoms with Gasteiger partial charge in [0.2, 0.25) is 0 Å². The van der Waals surface area contributed by atoms with E-state index >= 15 is 0 Å². The van der Waals surface area contributed by atoms with E-state index in [1.165, 1.54) is 11.1 Å². The van der Waals surface area contributed by atoms with Gasteiger partial charge < -0.3 is 9.84 Å². The molecule has 0 amide bonds. The Morgan fingerprint density at radius 1 is 1.47 bits per heavy atom. The molecule has 0 aromatic heterocycles. The molecule has 2 unspecified atom stereocenters. The van der Waals surface area contributed by atoms with Gasteiger partial charge in [-0.2, -0.15) is 0 Å². The van der Waals surface area contributed by atoms with Gasteiger partial charge in [-0.15, -0.1) is 0 Å². The number of ether oxygens (including phenoxy) is 1. The molecule has 1 spiro atoms. The Morgan fingerprint density at radius 2 is 2.29 bits per heavy atom. The van der Waals surface area contributed by atoms with E-state index < -0.39 is 5.97 Å². The summed E-state index contributed by atoms with van der Waals surface area (Å²) in [5.74, 6) is 0.117. The smallest absolute Gasteiger partial charge is 0.307 e. The maximum atomic E-state index is 11.0. The van der Waals surface area contributed by atoms with Crippen molar-refractivity contribution in [3.05, 3.63) is 29.3 Å². The number of fused-ring (bicyclic) bond motifs is 1. The number of hydrogen-bond acceptors (Lipinski definition) is 2. The number of carboxylic acid groups (broad SMARTS) is 1. The molecule has 1 aromatic carbocycles. The molecule has 0 aliphatic heterocycles. The zero-order chi connectivity index (χ0) is 12.0. The normalized spacial score (nSPS) is 29.8. The van der Waals surface area contributed by atoms with Crippen molar-refractivity contribution in [2.45, 2.75) is 25.7 Å². The van der Waals surface area contributed by atoms with Crippen LogP contribution in [0.4, 0.5) is 0 Å². The number of hydrogen-bond donors (Lipinski definition) is 1. The van der Waals surface area contributed by atoms with Crippen LogP contribution >= 0.6 is 0 Å². The van der Waals surface area contributed by atoms with Gasteiger partial charge >= 0.3 is 5.97 Å². The zero-order valence-electron chi connectivity index (χ0n) is 9.90. The van der Waals surface area contributed by atoms with Gasteiger partial charge in [-0.25, -0.2) is 0 Å². The highest BCUT2D eigenvalue weighted by Crippen LogP contribution is 2.60. The van der Waals surface area contributed by atoms with E-state index in [-0.39, 0.29) is 11.3 Å². The zero-order valence-corrected chi connectivity index (χ0v) is 9.90.